The monoisotopic (exact) mass is 266 g/mol. The lowest BCUT2D eigenvalue weighted by Crippen LogP contribution is -2.81. The maximum absolute atomic E-state index is 11.5. The molecule has 2 fully saturated rings. The van der Waals surface area contributed by atoms with Crippen LogP contribution in [0.5, 0.6) is 0 Å². The van der Waals surface area contributed by atoms with E-state index in [1.165, 1.54) is 0 Å². The molecule has 2 saturated carbocycles. The first-order valence-electron chi connectivity index (χ1n) is 7.85. The highest BCUT2D eigenvalue weighted by atomic mass is 16.4. The van der Waals surface area contributed by atoms with Crippen LogP contribution >= 0.6 is 0 Å². The van der Waals surface area contributed by atoms with E-state index in [4.69, 9.17) is 0 Å². The summed E-state index contributed by atoms with van der Waals surface area (Å²) in [6, 6.07) is 0. The molecule has 0 unspecified atom stereocenters. The van der Waals surface area contributed by atoms with Gasteiger partial charge in [0.25, 0.3) is 0 Å². The van der Waals surface area contributed by atoms with Crippen molar-refractivity contribution >= 4 is 0 Å². The summed E-state index contributed by atoms with van der Waals surface area (Å²) in [7, 11) is 0. The molecule has 2 nitrogen and oxygen atoms in total. The van der Waals surface area contributed by atoms with Crippen molar-refractivity contribution in [3.8, 4) is 0 Å². The molecule has 4 atom stereocenters. The van der Waals surface area contributed by atoms with Gasteiger partial charge in [-0.3, -0.25) is 0 Å². The predicted molar refractivity (Wildman–Crippen MR) is 74.4 cm³/mol. The Morgan fingerprint density at radius 3 is 1.10 bits per heavy atom. The lowest BCUT2D eigenvalue weighted by Gasteiger charge is -2.69. The van der Waals surface area contributed by atoms with Crippen molar-refractivity contribution in [2.45, 2.75) is 11.2 Å². The molecule has 0 amide bonds. The van der Waals surface area contributed by atoms with Crippen molar-refractivity contribution in [2.24, 2.45) is 47.3 Å². The Bertz CT molecular complexity index is 540. The number of aliphatic hydroxyl groups is 2. The Kier molecular flexibility index (Phi) is 1.47. The largest absolute Gasteiger partial charge is 0.386 e. The van der Waals surface area contributed by atoms with Crippen LogP contribution in [0, 0.1) is 47.3 Å². The van der Waals surface area contributed by atoms with E-state index in [2.05, 4.69) is 48.6 Å². The van der Waals surface area contributed by atoms with E-state index >= 15 is 0 Å². The zero-order valence-corrected chi connectivity index (χ0v) is 11.1. The molecule has 0 bridgehead atoms. The molecule has 2 N–H and O–H groups in total. The summed E-state index contributed by atoms with van der Waals surface area (Å²) >= 11 is 0. The standard InChI is InChI=1S/C18H18O2/c19-17(11-5-1-9-2-6-12(17)15(9)11)18(20)13-7-3-10-4-8-14(18)16(10)13/h1-16,19-20H/t9?,10?,11-,12-,13+,14+,15?,16?,17?,18?. The Hall–Kier alpha value is -1.12. The second-order valence-electron chi connectivity index (χ2n) is 7.60. The van der Waals surface area contributed by atoms with Crippen LogP contribution in [0.4, 0.5) is 0 Å². The SMILES string of the molecule is OC1(C2(O)[C@H]3C=CC4C=C[C@H]2C43)[C@@H]2C=CC3C=C[C@@H]1C32. The molecule has 0 aromatic carbocycles. The minimum Gasteiger partial charge on any atom is -0.386 e. The van der Waals surface area contributed by atoms with Crippen LogP contribution in [0.15, 0.2) is 48.6 Å². The van der Waals surface area contributed by atoms with Gasteiger partial charge in [-0.05, 0) is 23.7 Å². The van der Waals surface area contributed by atoms with E-state index in [0.717, 1.165) is 0 Å². The van der Waals surface area contributed by atoms with Crippen molar-refractivity contribution in [1.82, 2.24) is 0 Å². The number of hydrogen-bond donors (Lipinski definition) is 2. The molecule has 6 rings (SSSR count). The van der Waals surface area contributed by atoms with Gasteiger partial charge in [-0.2, -0.15) is 0 Å². The van der Waals surface area contributed by atoms with Gasteiger partial charge in [0, 0.05) is 23.7 Å². The van der Waals surface area contributed by atoms with Gasteiger partial charge in [0.2, 0.25) is 0 Å². The summed E-state index contributed by atoms with van der Waals surface area (Å²) in [4.78, 5) is 0. The third-order valence-corrected chi connectivity index (χ3v) is 7.38. The number of hydrogen-bond acceptors (Lipinski definition) is 2. The molecule has 0 aliphatic heterocycles. The van der Waals surface area contributed by atoms with Gasteiger partial charge in [-0.1, -0.05) is 48.6 Å². The van der Waals surface area contributed by atoms with Gasteiger partial charge >= 0.3 is 0 Å². The summed E-state index contributed by atoms with van der Waals surface area (Å²) in [5, 5.41) is 23.0. The third kappa shape index (κ3) is 0.739. The van der Waals surface area contributed by atoms with E-state index in [9.17, 15) is 10.2 Å². The summed E-state index contributed by atoms with van der Waals surface area (Å²) in [5.41, 5.74) is -1.93. The van der Waals surface area contributed by atoms with Crippen LogP contribution in [0.3, 0.4) is 0 Å². The second kappa shape index (κ2) is 2.77. The Balaban J connectivity index is 1.51. The van der Waals surface area contributed by atoms with Crippen molar-refractivity contribution in [2.75, 3.05) is 0 Å². The van der Waals surface area contributed by atoms with E-state index in [-0.39, 0.29) is 23.7 Å². The molecule has 0 aromatic heterocycles. The normalized spacial score (nSPS) is 69.1. The molecule has 6 aliphatic carbocycles. The van der Waals surface area contributed by atoms with E-state index in [1.807, 2.05) is 0 Å². The molecule has 102 valence electrons. The fourth-order valence-corrected chi connectivity index (χ4v) is 6.59. The Morgan fingerprint density at radius 1 is 0.500 bits per heavy atom. The highest BCUT2D eigenvalue weighted by molar-refractivity contribution is 5.46. The molecule has 0 saturated heterocycles. The average Bonchev–Trinajstić information content (AvgIpc) is 3.09. The maximum atomic E-state index is 11.5. The van der Waals surface area contributed by atoms with E-state index in [1.54, 1.807) is 0 Å². The fourth-order valence-electron chi connectivity index (χ4n) is 6.59. The third-order valence-electron chi connectivity index (χ3n) is 7.38. The van der Waals surface area contributed by atoms with Gasteiger partial charge in [-0.25, -0.2) is 0 Å². The van der Waals surface area contributed by atoms with Crippen LogP contribution in [-0.4, -0.2) is 21.4 Å². The van der Waals surface area contributed by atoms with Crippen molar-refractivity contribution < 1.29 is 10.2 Å². The first-order chi connectivity index (χ1) is 9.67. The highest BCUT2D eigenvalue weighted by Gasteiger charge is 2.80. The molecule has 0 aromatic rings. The van der Waals surface area contributed by atoms with Crippen molar-refractivity contribution in [3.63, 3.8) is 0 Å². The quantitative estimate of drug-likeness (QED) is 0.709. The van der Waals surface area contributed by atoms with Gasteiger partial charge < -0.3 is 10.2 Å². The smallest absolute Gasteiger partial charge is 0.108 e. The Morgan fingerprint density at radius 2 is 0.800 bits per heavy atom. The predicted octanol–water partition coefficient (Wildman–Crippen LogP) is 1.68. The first kappa shape index (κ1) is 10.6. The summed E-state index contributed by atoms with van der Waals surface area (Å²) < 4.78 is 0. The maximum Gasteiger partial charge on any atom is 0.108 e. The number of rotatable bonds is 1. The summed E-state index contributed by atoms with van der Waals surface area (Å²) in [6.07, 6.45) is 17.5. The van der Waals surface area contributed by atoms with Crippen LogP contribution < -0.4 is 0 Å². The zero-order chi connectivity index (χ0) is 13.3. The second-order valence-corrected chi connectivity index (χ2v) is 7.60. The Labute approximate surface area is 118 Å². The van der Waals surface area contributed by atoms with E-state index < -0.39 is 11.2 Å². The van der Waals surface area contributed by atoms with E-state index in [0.29, 0.717) is 23.7 Å². The van der Waals surface area contributed by atoms with Gasteiger partial charge in [-0.15, -0.1) is 0 Å². The topological polar surface area (TPSA) is 40.5 Å². The molecule has 20 heavy (non-hydrogen) atoms. The van der Waals surface area contributed by atoms with Gasteiger partial charge in [0.05, 0.1) is 0 Å². The van der Waals surface area contributed by atoms with Crippen LogP contribution in [0.2, 0.25) is 0 Å². The lowest BCUT2D eigenvalue weighted by atomic mass is 9.38. The van der Waals surface area contributed by atoms with Crippen molar-refractivity contribution in [1.29, 1.82) is 0 Å². The molecule has 6 aliphatic rings. The first-order valence-corrected chi connectivity index (χ1v) is 7.85. The average molecular weight is 266 g/mol. The van der Waals surface area contributed by atoms with Crippen molar-refractivity contribution in [3.05, 3.63) is 48.6 Å². The molecule has 0 spiro atoms. The fraction of sp³-hybridized carbons (Fsp3) is 0.556. The molecule has 0 radical (unpaired) electrons. The van der Waals surface area contributed by atoms with Gasteiger partial charge in [0.1, 0.15) is 11.2 Å². The molecule has 2 heteroatoms. The van der Waals surface area contributed by atoms with Gasteiger partial charge in [0.15, 0.2) is 0 Å². The molecular formula is C18H18O2. The van der Waals surface area contributed by atoms with Crippen LogP contribution in [-0.2, 0) is 0 Å². The number of allylic oxidation sites excluding steroid dienone is 4. The van der Waals surface area contributed by atoms with Crippen LogP contribution in [0.25, 0.3) is 0 Å². The minimum absolute atomic E-state index is 0.139. The zero-order valence-electron chi connectivity index (χ0n) is 11.1. The molecule has 0 heterocycles. The molecular weight excluding hydrogens is 248 g/mol. The summed E-state index contributed by atoms with van der Waals surface area (Å²) in [6.45, 7) is 0. The van der Waals surface area contributed by atoms with Crippen LogP contribution in [0.1, 0.15) is 0 Å². The minimum atomic E-state index is -0.963. The highest BCUT2D eigenvalue weighted by Crippen LogP contribution is 2.73. The lowest BCUT2D eigenvalue weighted by molar-refractivity contribution is -0.331. The summed E-state index contributed by atoms with van der Waals surface area (Å²) in [5.74, 6) is 2.57.